The molecule has 1 rings (SSSR count). The van der Waals surface area contributed by atoms with Crippen molar-refractivity contribution in [2.24, 2.45) is 0 Å². The minimum Gasteiger partial charge on any atom is -0.498 e. The number of nitrogens with zero attached hydrogens (tertiary/aromatic N) is 1. The Hall–Kier alpha value is -0.610. The van der Waals surface area contributed by atoms with Crippen LogP contribution in [0.1, 0.15) is 33.6 Å². The predicted molar refractivity (Wildman–Crippen MR) is 50.4 cm³/mol. The topological polar surface area (TPSA) is 60.4 Å². The second-order valence-electron chi connectivity index (χ2n) is 5.01. The average Bonchev–Trinajstić information content (AvgIpc) is 2.46. The van der Waals surface area contributed by atoms with Crippen LogP contribution in [0.4, 0.5) is 4.79 Å². The molecule has 0 radical (unpaired) electrons. The van der Waals surface area contributed by atoms with Crippen LogP contribution in [0.2, 0.25) is 0 Å². The first kappa shape index (κ1) is 11.5. The lowest BCUT2D eigenvalue weighted by molar-refractivity contribution is -0.930. The van der Waals surface area contributed by atoms with Crippen LogP contribution in [-0.4, -0.2) is 40.4 Å². The lowest BCUT2D eigenvalue weighted by Gasteiger charge is -2.48. The van der Waals surface area contributed by atoms with Crippen molar-refractivity contribution in [3.05, 3.63) is 0 Å². The highest BCUT2D eigenvalue weighted by molar-refractivity contribution is 5.55. The van der Waals surface area contributed by atoms with Crippen molar-refractivity contribution in [2.45, 2.75) is 45.2 Å². The minimum absolute atomic E-state index is 0.0781. The third-order valence-electron chi connectivity index (χ3n) is 3.41. The summed E-state index contributed by atoms with van der Waals surface area (Å²) in [4.78, 5) is 11.3. The van der Waals surface area contributed by atoms with Gasteiger partial charge < -0.3 is 15.0 Å². The number of aliphatic hydroxyl groups is 1. The maximum absolute atomic E-state index is 11.3. The summed E-state index contributed by atoms with van der Waals surface area (Å²) in [7, 11) is 0. The molecule has 0 spiro atoms. The zero-order chi connectivity index (χ0) is 11.0. The highest BCUT2D eigenvalue weighted by Crippen LogP contribution is 2.35. The Morgan fingerprint density at radius 3 is 2.43 bits per heavy atom. The van der Waals surface area contributed by atoms with Gasteiger partial charge in [0.2, 0.25) is 0 Å². The molecule has 4 nitrogen and oxygen atoms in total. The molecule has 4 heteroatoms. The van der Waals surface area contributed by atoms with Gasteiger partial charge in [0.05, 0.1) is 18.7 Å². The summed E-state index contributed by atoms with van der Waals surface area (Å²) in [6.07, 6.45) is 0.548. The summed E-state index contributed by atoms with van der Waals surface area (Å²) in [5.41, 5.74) is -0.414. The van der Waals surface area contributed by atoms with Gasteiger partial charge in [-0.2, -0.15) is 0 Å². The van der Waals surface area contributed by atoms with Crippen LogP contribution in [0.15, 0.2) is 0 Å². The number of hydrogen-bond acceptors (Lipinski definition) is 3. The molecule has 1 fully saturated rings. The molecule has 1 saturated heterocycles. The smallest absolute Gasteiger partial charge is 0.258 e. The van der Waals surface area contributed by atoms with E-state index in [-0.39, 0.29) is 17.1 Å². The van der Waals surface area contributed by atoms with E-state index >= 15 is 0 Å². The fourth-order valence-corrected chi connectivity index (χ4v) is 2.61. The quantitative estimate of drug-likeness (QED) is 0.612. The van der Waals surface area contributed by atoms with Crippen LogP contribution >= 0.6 is 0 Å². The second-order valence-corrected chi connectivity index (χ2v) is 5.01. The number of hydrogen-bond donors (Lipinski definition) is 1. The summed E-state index contributed by atoms with van der Waals surface area (Å²) >= 11 is 0. The van der Waals surface area contributed by atoms with Gasteiger partial charge >= 0.3 is 0 Å². The highest BCUT2D eigenvalue weighted by Gasteiger charge is 2.51. The zero-order valence-electron chi connectivity index (χ0n) is 9.12. The fourth-order valence-electron chi connectivity index (χ4n) is 2.61. The second kappa shape index (κ2) is 3.51. The lowest BCUT2D eigenvalue weighted by Crippen LogP contribution is -2.70. The van der Waals surface area contributed by atoms with Crippen molar-refractivity contribution in [1.29, 1.82) is 0 Å². The van der Waals surface area contributed by atoms with E-state index in [1.165, 1.54) is 0 Å². The van der Waals surface area contributed by atoms with Crippen molar-refractivity contribution >= 4 is 6.09 Å². The Morgan fingerprint density at radius 1 is 1.57 bits per heavy atom. The lowest BCUT2D eigenvalue weighted by atomic mass is 10.00. The zero-order valence-corrected chi connectivity index (χ0v) is 9.12. The van der Waals surface area contributed by atoms with Gasteiger partial charge in [0.25, 0.3) is 6.09 Å². The molecule has 1 heterocycles. The summed E-state index contributed by atoms with van der Waals surface area (Å²) in [5.74, 6) is 0. The first-order chi connectivity index (χ1) is 6.36. The van der Waals surface area contributed by atoms with E-state index < -0.39 is 11.6 Å². The molecule has 1 unspecified atom stereocenters. The molecular weight excluding hydrogens is 182 g/mol. The third kappa shape index (κ3) is 1.42. The molecule has 1 aliphatic heterocycles. The van der Waals surface area contributed by atoms with E-state index in [0.717, 1.165) is 12.8 Å². The fraction of sp³-hybridized carbons (Fsp3) is 0.900. The van der Waals surface area contributed by atoms with E-state index in [4.69, 9.17) is 0 Å². The Morgan fingerprint density at radius 2 is 2.14 bits per heavy atom. The first-order valence-electron chi connectivity index (χ1n) is 5.06. The number of carbonyl (C=O) groups excluding carboxylic acids is 1. The number of rotatable bonds is 1. The molecule has 0 aliphatic carbocycles. The van der Waals surface area contributed by atoms with Crippen LogP contribution in [0.25, 0.3) is 0 Å². The van der Waals surface area contributed by atoms with E-state index in [9.17, 15) is 15.0 Å². The number of likely N-dealkylation sites (tertiary alicyclic amines) is 1. The Kier molecular flexibility index (Phi) is 2.88. The van der Waals surface area contributed by atoms with E-state index in [1.807, 2.05) is 20.8 Å². The number of amides is 1. The molecular formula is C10H19NO3. The van der Waals surface area contributed by atoms with Gasteiger partial charge in [-0.25, -0.2) is 0 Å². The van der Waals surface area contributed by atoms with Gasteiger partial charge in [0, 0.05) is 12.8 Å². The van der Waals surface area contributed by atoms with Crippen LogP contribution in [0.5, 0.6) is 0 Å². The predicted octanol–water partition coefficient (Wildman–Crippen LogP) is 0.0997. The first-order valence-corrected chi connectivity index (χ1v) is 5.06. The van der Waals surface area contributed by atoms with Crippen LogP contribution in [0.3, 0.4) is 0 Å². The van der Waals surface area contributed by atoms with E-state index in [0.29, 0.717) is 6.54 Å². The van der Waals surface area contributed by atoms with Crippen molar-refractivity contribution in [3.8, 4) is 0 Å². The number of quaternary nitrogens is 1. The van der Waals surface area contributed by atoms with Gasteiger partial charge in [-0.3, -0.25) is 4.48 Å². The Balaban J connectivity index is 3.10. The maximum Gasteiger partial charge on any atom is 0.258 e. The van der Waals surface area contributed by atoms with Gasteiger partial charge in [-0.05, 0) is 20.8 Å². The molecule has 0 aromatic heterocycles. The molecule has 1 N–H and O–H groups in total. The van der Waals surface area contributed by atoms with Crippen molar-refractivity contribution in [2.75, 3.05) is 13.2 Å². The summed E-state index contributed by atoms with van der Waals surface area (Å²) < 4.78 is -0.108. The Labute approximate surface area is 84.7 Å². The van der Waals surface area contributed by atoms with E-state index in [1.54, 1.807) is 0 Å². The van der Waals surface area contributed by atoms with Crippen LogP contribution in [-0.2, 0) is 0 Å². The van der Waals surface area contributed by atoms with Crippen molar-refractivity contribution < 1.29 is 19.5 Å². The molecule has 82 valence electrons. The average molecular weight is 201 g/mol. The summed E-state index contributed by atoms with van der Waals surface area (Å²) in [6, 6.07) is -0.208. The number of carboxylic acid groups (broad SMARTS) is 1. The maximum atomic E-state index is 11.3. The standard InChI is InChI=1S/C10H19NO3/c1-10(2,3)11(9(13)14)6-4-5-8(11)7-12/h8,12H,4-7H2,1-3H3/t8-,11?/m1/s1. The molecule has 0 aromatic rings. The SMILES string of the molecule is CC(C)(C)[N+]1(C(=O)[O-])CCC[C@@H]1CO. The molecule has 1 amide bonds. The third-order valence-corrected chi connectivity index (χ3v) is 3.41. The van der Waals surface area contributed by atoms with Gasteiger partial charge in [0.1, 0.15) is 6.04 Å². The number of carbonyl (C=O) groups is 1. The Bertz CT molecular complexity index is 234. The van der Waals surface area contributed by atoms with Crippen molar-refractivity contribution in [3.63, 3.8) is 0 Å². The van der Waals surface area contributed by atoms with Crippen LogP contribution in [0, 0.1) is 0 Å². The summed E-state index contributed by atoms with van der Waals surface area (Å²) in [5, 5.41) is 20.5. The van der Waals surface area contributed by atoms with Crippen LogP contribution < -0.4 is 5.11 Å². The van der Waals surface area contributed by atoms with Crippen molar-refractivity contribution in [1.82, 2.24) is 0 Å². The largest absolute Gasteiger partial charge is 0.498 e. The molecule has 1 aliphatic rings. The van der Waals surface area contributed by atoms with Gasteiger partial charge in [0.15, 0.2) is 0 Å². The molecule has 0 saturated carbocycles. The molecule has 0 bridgehead atoms. The minimum atomic E-state index is -1.06. The van der Waals surface area contributed by atoms with Gasteiger partial charge in [-0.15, -0.1) is 0 Å². The monoisotopic (exact) mass is 201 g/mol. The molecule has 0 aromatic carbocycles. The molecule has 14 heavy (non-hydrogen) atoms. The van der Waals surface area contributed by atoms with E-state index in [2.05, 4.69) is 0 Å². The summed E-state index contributed by atoms with van der Waals surface area (Å²) in [6.45, 7) is 6.15. The van der Waals surface area contributed by atoms with Gasteiger partial charge in [-0.1, -0.05) is 0 Å². The molecule has 2 atom stereocenters. The normalized spacial score (nSPS) is 33.3. The number of aliphatic hydroxyl groups excluding tert-OH is 1. The highest BCUT2D eigenvalue weighted by atomic mass is 16.4.